The molecule has 0 saturated carbocycles. The third-order valence-corrected chi connectivity index (χ3v) is 5.80. The highest BCUT2D eigenvalue weighted by atomic mass is 35.5. The van der Waals surface area contributed by atoms with Crippen LogP contribution in [0.4, 0.5) is 15.6 Å². The van der Waals surface area contributed by atoms with E-state index in [0.29, 0.717) is 47.0 Å². The summed E-state index contributed by atoms with van der Waals surface area (Å²) in [6.45, 7) is 2.55. The molecule has 1 saturated heterocycles. The third-order valence-electron chi connectivity index (χ3n) is 4.18. The molecule has 1 aromatic heterocycles. The van der Waals surface area contributed by atoms with Crippen molar-refractivity contribution in [1.29, 1.82) is 0 Å². The van der Waals surface area contributed by atoms with Crippen molar-refractivity contribution in [2.24, 2.45) is 0 Å². The average Bonchev–Trinajstić information content (AvgIpc) is 3.10. The van der Waals surface area contributed by atoms with Crippen LogP contribution in [0.25, 0.3) is 0 Å². The van der Waals surface area contributed by atoms with Crippen LogP contribution < -0.4 is 10.2 Å². The Morgan fingerprint density at radius 1 is 1.26 bits per heavy atom. The van der Waals surface area contributed by atoms with Crippen molar-refractivity contribution in [1.82, 2.24) is 9.88 Å². The van der Waals surface area contributed by atoms with Gasteiger partial charge in [-0.15, -0.1) is 11.3 Å². The number of hydrogen-bond donors (Lipinski definition) is 1. The molecule has 10 heteroatoms. The second kappa shape index (κ2) is 8.77. The highest BCUT2D eigenvalue weighted by Gasteiger charge is 2.23. The van der Waals surface area contributed by atoms with Crippen LogP contribution >= 0.6 is 34.5 Å². The van der Waals surface area contributed by atoms with Gasteiger partial charge in [0.25, 0.3) is 0 Å². The number of anilines is 2. The summed E-state index contributed by atoms with van der Waals surface area (Å²) in [6.07, 6.45) is -0.393. The first-order chi connectivity index (χ1) is 13.0. The largest absolute Gasteiger partial charge is 0.453 e. The first kappa shape index (κ1) is 19.7. The van der Waals surface area contributed by atoms with Crippen molar-refractivity contribution in [3.8, 4) is 0 Å². The average molecular weight is 429 g/mol. The zero-order valence-electron chi connectivity index (χ0n) is 14.6. The van der Waals surface area contributed by atoms with Gasteiger partial charge in [0.15, 0.2) is 5.13 Å². The second-order valence-corrected chi connectivity index (χ2v) is 7.52. The maximum Gasteiger partial charge on any atom is 0.413 e. The van der Waals surface area contributed by atoms with Crippen LogP contribution in [0.5, 0.6) is 0 Å². The number of rotatable bonds is 4. The fourth-order valence-corrected chi connectivity index (χ4v) is 3.90. The summed E-state index contributed by atoms with van der Waals surface area (Å²) >= 11 is 13.6. The topological polar surface area (TPSA) is 74.8 Å². The number of methoxy groups -OCH3 is 1. The first-order valence-electron chi connectivity index (χ1n) is 8.24. The molecule has 0 spiro atoms. The van der Waals surface area contributed by atoms with Gasteiger partial charge >= 0.3 is 6.09 Å². The van der Waals surface area contributed by atoms with Gasteiger partial charge in [-0.25, -0.2) is 9.78 Å². The Balaban J connectivity index is 1.54. The molecular formula is C17H18Cl2N4O3S. The molecule has 1 aliphatic rings. The van der Waals surface area contributed by atoms with Gasteiger partial charge in [0.1, 0.15) is 0 Å². The lowest BCUT2D eigenvalue weighted by Crippen LogP contribution is -2.49. The Hall–Kier alpha value is -2.03. The molecule has 1 N–H and O–H groups in total. The Bertz CT molecular complexity index is 837. The van der Waals surface area contributed by atoms with E-state index in [2.05, 4.69) is 19.9 Å². The molecule has 1 aromatic carbocycles. The van der Waals surface area contributed by atoms with Gasteiger partial charge in [0, 0.05) is 31.6 Å². The number of piperazine rings is 1. The molecule has 0 radical (unpaired) electrons. The maximum absolute atomic E-state index is 12.5. The number of amides is 2. The number of hydrogen-bond acceptors (Lipinski definition) is 6. The summed E-state index contributed by atoms with van der Waals surface area (Å²) in [7, 11) is 1.28. The molecule has 1 aliphatic heterocycles. The molecule has 0 aliphatic carbocycles. The molecule has 27 heavy (non-hydrogen) atoms. The molecule has 2 amide bonds. The summed E-state index contributed by atoms with van der Waals surface area (Å²) in [5.74, 6) is 0.00163. The van der Waals surface area contributed by atoms with Crippen molar-refractivity contribution in [2.75, 3.05) is 43.5 Å². The minimum atomic E-state index is -0.585. The Morgan fingerprint density at radius 2 is 2.00 bits per heavy atom. The van der Waals surface area contributed by atoms with Crippen LogP contribution in [0, 0.1) is 0 Å². The molecule has 2 heterocycles. The van der Waals surface area contributed by atoms with Crippen molar-refractivity contribution in [2.45, 2.75) is 6.42 Å². The van der Waals surface area contributed by atoms with Crippen molar-refractivity contribution in [3.05, 3.63) is 39.3 Å². The van der Waals surface area contributed by atoms with E-state index in [1.807, 2.05) is 17.0 Å². The number of nitrogens with zero attached hydrogens (tertiary/aromatic N) is 3. The molecule has 144 valence electrons. The summed E-state index contributed by atoms with van der Waals surface area (Å²) in [4.78, 5) is 31.9. The van der Waals surface area contributed by atoms with Gasteiger partial charge in [-0.1, -0.05) is 29.3 Å². The fourth-order valence-electron chi connectivity index (χ4n) is 2.78. The van der Waals surface area contributed by atoms with Gasteiger partial charge in [-0.2, -0.15) is 0 Å². The van der Waals surface area contributed by atoms with E-state index >= 15 is 0 Å². The lowest BCUT2D eigenvalue weighted by Gasteiger charge is -2.36. The van der Waals surface area contributed by atoms with Crippen LogP contribution in [-0.2, 0) is 16.0 Å². The molecule has 2 aromatic rings. The highest BCUT2D eigenvalue weighted by molar-refractivity contribution is 7.13. The minimum absolute atomic E-state index is 0.00163. The quantitative estimate of drug-likeness (QED) is 0.805. The summed E-state index contributed by atoms with van der Waals surface area (Å²) < 4.78 is 4.52. The number of carbonyl (C=O) groups is 2. The van der Waals surface area contributed by atoms with E-state index in [4.69, 9.17) is 23.2 Å². The van der Waals surface area contributed by atoms with Gasteiger partial charge in [0.2, 0.25) is 5.91 Å². The zero-order valence-corrected chi connectivity index (χ0v) is 16.9. The number of nitrogens with one attached hydrogen (secondary N) is 1. The van der Waals surface area contributed by atoms with E-state index in [-0.39, 0.29) is 12.3 Å². The number of benzene rings is 1. The number of ether oxygens (including phenoxy) is 1. The monoisotopic (exact) mass is 428 g/mol. The van der Waals surface area contributed by atoms with Crippen molar-refractivity contribution >= 4 is 57.4 Å². The van der Waals surface area contributed by atoms with Crippen LogP contribution in [0.1, 0.15) is 5.69 Å². The third kappa shape index (κ3) is 4.82. The van der Waals surface area contributed by atoms with E-state index in [1.165, 1.54) is 18.4 Å². The molecule has 0 atom stereocenters. The van der Waals surface area contributed by atoms with Gasteiger partial charge < -0.3 is 14.5 Å². The number of carbonyl (C=O) groups excluding carboxylic acids is 2. The zero-order chi connectivity index (χ0) is 19.4. The Morgan fingerprint density at radius 3 is 2.70 bits per heavy atom. The lowest BCUT2D eigenvalue weighted by molar-refractivity contribution is -0.130. The molecule has 0 bridgehead atoms. The van der Waals surface area contributed by atoms with E-state index < -0.39 is 6.09 Å². The molecule has 1 fully saturated rings. The van der Waals surface area contributed by atoms with Crippen molar-refractivity contribution in [3.63, 3.8) is 0 Å². The standard InChI is InChI=1S/C17H18Cl2N4O3S/c1-26-17(25)21-16-20-11(10-27-16)9-14(24)23-7-5-22(6-8-23)13-4-2-3-12(18)15(13)19/h2-4,10H,5-9H2,1H3,(H,20,21,25). The van der Waals surface area contributed by atoms with Gasteiger partial charge in [-0.05, 0) is 12.1 Å². The van der Waals surface area contributed by atoms with Crippen molar-refractivity contribution < 1.29 is 14.3 Å². The Kier molecular flexibility index (Phi) is 6.41. The molecule has 7 nitrogen and oxygen atoms in total. The first-order valence-corrected chi connectivity index (χ1v) is 9.87. The van der Waals surface area contributed by atoms with Gasteiger partial charge in [-0.3, -0.25) is 10.1 Å². The highest BCUT2D eigenvalue weighted by Crippen LogP contribution is 2.32. The summed E-state index contributed by atoms with van der Waals surface area (Å²) in [5, 5.41) is 5.71. The molecule has 0 unspecified atom stereocenters. The minimum Gasteiger partial charge on any atom is -0.453 e. The summed E-state index contributed by atoms with van der Waals surface area (Å²) in [5.41, 5.74) is 1.51. The SMILES string of the molecule is COC(=O)Nc1nc(CC(=O)N2CCN(c3cccc(Cl)c3Cl)CC2)cs1. The maximum atomic E-state index is 12.5. The number of aromatic nitrogens is 1. The summed E-state index contributed by atoms with van der Waals surface area (Å²) in [6, 6.07) is 5.55. The van der Waals surface area contributed by atoms with Crippen LogP contribution in [0.2, 0.25) is 10.0 Å². The number of thiazole rings is 1. The van der Waals surface area contributed by atoms with Crippen LogP contribution in [0.3, 0.4) is 0 Å². The van der Waals surface area contributed by atoms with E-state index in [0.717, 1.165) is 5.69 Å². The van der Waals surface area contributed by atoms with E-state index in [1.54, 1.807) is 11.4 Å². The lowest BCUT2D eigenvalue weighted by atomic mass is 10.2. The molecule has 3 rings (SSSR count). The smallest absolute Gasteiger partial charge is 0.413 e. The second-order valence-electron chi connectivity index (χ2n) is 5.88. The predicted octanol–water partition coefficient (Wildman–Crippen LogP) is 3.52. The van der Waals surface area contributed by atoms with Crippen LogP contribution in [-0.4, -0.2) is 55.2 Å². The normalized spacial score (nSPS) is 14.2. The van der Waals surface area contributed by atoms with Gasteiger partial charge in [0.05, 0.1) is 35.0 Å². The van der Waals surface area contributed by atoms with Crippen LogP contribution in [0.15, 0.2) is 23.6 Å². The fraction of sp³-hybridized carbons (Fsp3) is 0.353. The van der Waals surface area contributed by atoms with E-state index in [9.17, 15) is 9.59 Å². The number of halogens is 2. The Labute approximate surface area is 170 Å². The molecular weight excluding hydrogens is 411 g/mol. The predicted molar refractivity (Wildman–Crippen MR) is 107 cm³/mol.